The number of hydrogen-bond acceptors (Lipinski definition) is 2. The minimum atomic E-state index is -0.454. The standard InChI is InChI=1S/C27H30F2N2/c1-4-13-30-16-17(2)26-19-9-10-20(14-19)27(26)18(3)31-21-11-12-23(25(29)15-21)22-7-5-6-8-24(22)28/h5-8,11-12,15-16,19-20,30-31H,3-4,9-10,13-14H2,1-2H3/b17-16+. The highest BCUT2D eigenvalue weighted by Gasteiger charge is 2.40. The minimum absolute atomic E-state index is 0.259. The molecule has 2 aliphatic rings. The first-order valence-corrected chi connectivity index (χ1v) is 11.1. The molecule has 0 aromatic heterocycles. The van der Waals surface area contributed by atoms with Gasteiger partial charge in [-0.25, -0.2) is 8.78 Å². The molecule has 4 heteroatoms. The van der Waals surface area contributed by atoms with Crippen LogP contribution in [-0.4, -0.2) is 6.54 Å². The van der Waals surface area contributed by atoms with Crippen LogP contribution >= 0.6 is 0 Å². The van der Waals surface area contributed by atoms with Gasteiger partial charge in [0.25, 0.3) is 0 Å². The third-order valence-electron chi connectivity index (χ3n) is 6.43. The summed E-state index contributed by atoms with van der Waals surface area (Å²) in [6.45, 7) is 9.58. The summed E-state index contributed by atoms with van der Waals surface area (Å²) in [5.74, 6) is 0.211. The molecule has 0 amide bonds. The lowest BCUT2D eigenvalue weighted by atomic mass is 9.86. The van der Waals surface area contributed by atoms with E-state index in [1.165, 1.54) is 48.1 Å². The van der Waals surface area contributed by atoms with Crippen molar-refractivity contribution in [2.24, 2.45) is 11.8 Å². The van der Waals surface area contributed by atoms with Gasteiger partial charge >= 0.3 is 0 Å². The van der Waals surface area contributed by atoms with Gasteiger partial charge in [-0.05, 0) is 91.6 Å². The lowest BCUT2D eigenvalue weighted by molar-refractivity contribution is 0.616. The molecular formula is C27H30F2N2. The Labute approximate surface area is 183 Å². The Bertz CT molecular complexity index is 1050. The van der Waals surface area contributed by atoms with Crippen LogP contribution in [0.3, 0.4) is 0 Å². The lowest BCUT2D eigenvalue weighted by Crippen LogP contribution is -2.13. The Kier molecular flexibility index (Phi) is 6.26. The van der Waals surface area contributed by atoms with Crippen LogP contribution in [0, 0.1) is 23.5 Å². The SMILES string of the molecule is C=C(Nc1ccc(-c2ccccc2F)c(F)c1)C1=C(/C(C)=C/NCCC)C2CCC1C2. The number of halogens is 2. The molecule has 31 heavy (non-hydrogen) atoms. The molecule has 0 spiro atoms. The van der Waals surface area contributed by atoms with Gasteiger partial charge in [-0.3, -0.25) is 0 Å². The van der Waals surface area contributed by atoms with Crippen molar-refractivity contribution in [3.63, 3.8) is 0 Å². The highest BCUT2D eigenvalue weighted by molar-refractivity contribution is 5.69. The molecule has 2 nitrogen and oxygen atoms in total. The van der Waals surface area contributed by atoms with Crippen molar-refractivity contribution in [1.82, 2.24) is 5.32 Å². The Morgan fingerprint density at radius 1 is 1.03 bits per heavy atom. The van der Waals surface area contributed by atoms with Crippen LogP contribution in [0.25, 0.3) is 11.1 Å². The summed E-state index contributed by atoms with van der Waals surface area (Å²) in [5, 5.41) is 6.71. The first kappa shape index (κ1) is 21.4. The van der Waals surface area contributed by atoms with Crippen LogP contribution in [0.5, 0.6) is 0 Å². The van der Waals surface area contributed by atoms with Crippen molar-refractivity contribution < 1.29 is 8.78 Å². The molecule has 2 N–H and O–H groups in total. The maximum absolute atomic E-state index is 14.8. The molecule has 2 bridgehead atoms. The zero-order valence-electron chi connectivity index (χ0n) is 18.3. The summed E-state index contributed by atoms with van der Waals surface area (Å²) in [6, 6.07) is 11.1. The Balaban J connectivity index is 1.58. The summed E-state index contributed by atoms with van der Waals surface area (Å²) in [5.41, 5.74) is 5.92. The predicted octanol–water partition coefficient (Wildman–Crippen LogP) is 7.19. The van der Waals surface area contributed by atoms with Crippen LogP contribution in [-0.2, 0) is 0 Å². The normalized spacial score (nSPS) is 20.3. The molecule has 4 rings (SSSR count). The largest absolute Gasteiger partial charge is 0.391 e. The maximum Gasteiger partial charge on any atom is 0.133 e. The third-order valence-corrected chi connectivity index (χ3v) is 6.43. The average Bonchev–Trinajstić information content (AvgIpc) is 3.36. The van der Waals surface area contributed by atoms with Gasteiger partial charge in [0.2, 0.25) is 0 Å². The second-order valence-corrected chi connectivity index (χ2v) is 8.59. The first-order chi connectivity index (χ1) is 15.0. The number of fused-ring (bicyclic) bond motifs is 2. The summed E-state index contributed by atoms with van der Waals surface area (Å²) in [4.78, 5) is 0. The topological polar surface area (TPSA) is 24.1 Å². The maximum atomic E-state index is 14.8. The van der Waals surface area contributed by atoms with Crippen molar-refractivity contribution in [2.75, 3.05) is 11.9 Å². The number of allylic oxidation sites excluding steroid dienone is 3. The van der Waals surface area contributed by atoms with Crippen LogP contribution in [0.2, 0.25) is 0 Å². The molecule has 2 aromatic carbocycles. The summed E-state index contributed by atoms with van der Waals surface area (Å²) in [7, 11) is 0. The summed E-state index contributed by atoms with van der Waals surface area (Å²) >= 11 is 0. The monoisotopic (exact) mass is 420 g/mol. The van der Waals surface area contributed by atoms with Crippen molar-refractivity contribution >= 4 is 5.69 Å². The molecule has 1 fully saturated rings. The van der Waals surface area contributed by atoms with E-state index in [9.17, 15) is 8.78 Å². The fourth-order valence-corrected chi connectivity index (χ4v) is 5.07. The van der Waals surface area contributed by atoms with E-state index in [0.717, 1.165) is 18.7 Å². The number of hydrogen-bond donors (Lipinski definition) is 2. The van der Waals surface area contributed by atoms with E-state index in [1.54, 1.807) is 30.3 Å². The molecule has 1 saturated carbocycles. The zero-order valence-corrected chi connectivity index (χ0v) is 18.3. The molecule has 2 aliphatic carbocycles. The van der Waals surface area contributed by atoms with E-state index in [4.69, 9.17) is 0 Å². The van der Waals surface area contributed by atoms with Gasteiger partial charge in [-0.15, -0.1) is 0 Å². The minimum Gasteiger partial charge on any atom is -0.391 e. The Hall–Kier alpha value is -2.88. The molecule has 2 unspecified atom stereocenters. The van der Waals surface area contributed by atoms with Gasteiger partial charge in [0, 0.05) is 29.1 Å². The van der Waals surface area contributed by atoms with Gasteiger partial charge in [-0.1, -0.05) is 31.7 Å². The van der Waals surface area contributed by atoms with E-state index in [1.807, 2.05) is 0 Å². The van der Waals surface area contributed by atoms with Crippen LogP contribution < -0.4 is 10.6 Å². The molecule has 0 radical (unpaired) electrons. The molecule has 162 valence electrons. The number of benzene rings is 2. The number of rotatable bonds is 8. The summed E-state index contributed by atoms with van der Waals surface area (Å²) < 4.78 is 28.9. The van der Waals surface area contributed by atoms with Crippen molar-refractivity contribution in [2.45, 2.75) is 39.5 Å². The second kappa shape index (κ2) is 9.09. The van der Waals surface area contributed by atoms with E-state index in [-0.39, 0.29) is 11.1 Å². The van der Waals surface area contributed by atoms with Crippen molar-refractivity contribution in [1.29, 1.82) is 0 Å². The van der Waals surface area contributed by atoms with Gasteiger partial charge in [-0.2, -0.15) is 0 Å². The van der Waals surface area contributed by atoms with Gasteiger partial charge in [0.05, 0.1) is 0 Å². The molecule has 2 atom stereocenters. The quantitative estimate of drug-likeness (QED) is 0.442. The molecule has 0 aliphatic heterocycles. The molecular weight excluding hydrogens is 390 g/mol. The van der Waals surface area contributed by atoms with Crippen molar-refractivity contribution in [3.05, 3.63) is 89.3 Å². The van der Waals surface area contributed by atoms with E-state index in [0.29, 0.717) is 17.5 Å². The van der Waals surface area contributed by atoms with E-state index in [2.05, 4.69) is 37.3 Å². The fraction of sp³-hybridized carbons (Fsp3) is 0.333. The lowest BCUT2D eigenvalue weighted by Gasteiger charge is -2.23. The molecule has 0 heterocycles. The van der Waals surface area contributed by atoms with Crippen molar-refractivity contribution in [3.8, 4) is 11.1 Å². The Morgan fingerprint density at radius 2 is 1.74 bits per heavy atom. The smallest absolute Gasteiger partial charge is 0.133 e. The Morgan fingerprint density at radius 3 is 2.45 bits per heavy atom. The van der Waals surface area contributed by atoms with Crippen LogP contribution in [0.4, 0.5) is 14.5 Å². The van der Waals surface area contributed by atoms with E-state index >= 15 is 0 Å². The third kappa shape index (κ3) is 4.30. The summed E-state index contributed by atoms with van der Waals surface area (Å²) in [6.07, 6.45) is 6.78. The number of anilines is 1. The molecule has 0 saturated heterocycles. The average molecular weight is 421 g/mol. The number of nitrogens with one attached hydrogen (secondary N) is 2. The fourth-order valence-electron chi connectivity index (χ4n) is 5.07. The predicted molar refractivity (Wildman–Crippen MR) is 124 cm³/mol. The first-order valence-electron chi connectivity index (χ1n) is 11.1. The van der Waals surface area contributed by atoms with Gasteiger partial charge < -0.3 is 10.6 Å². The van der Waals surface area contributed by atoms with Crippen LogP contribution in [0.15, 0.2) is 77.7 Å². The highest BCUT2D eigenvalue weighted by Crippen LogP contribution is 2.52. The second-order valence-electron chi connectivity index (χ2n) is 8.59. The highest BCUT2D eigenvalue weighted by atomic mass is 19.1. The van der Waals surface area contributed by atoms with Crippen LogP contribution in [0.1, 0.15) is 39.5 Å². The zero-order chi connectivity index (χ0) is 22.0. The van der Waals surface area contributed by atoms with E-state index < -0.39 is 11.6 Å². The molecule has 2 aromatic rings. The van der Waals surface area contributed by atoms with Gasteiger partial charge in [0.15, 0.2) is 0 Å². The van der Waals surface area contributed by atoms with Gasteiger partial charge in [0.1, 0.15) is 11.6 Å².